The van der Waals surface area contributed by atoms with Crippen LogP contribution in [0.5, 0.6) is 0 Å². The Balaban J connectivity index is 4.09. The topological polar surface area (TPSA) is 78.4 Å². The molecule has 0 aliphatic carbocycles. The van der Waals surface area contributed by atoms with Crippen LogP contribution in [0.2, 0.25) is 0 Å². The molecule has 3 N–H and O–H groups in total. The van der Waals surface area contributed by atoms with Gasteiger partial charge in [-0.2, -0.15) is 11.8 Å². The van der Waals surface area contributed by atoms with Crippen LogP contribution in [-0.2, 0) is 9.59 Å². The van der Waals surface area contributed by atoms with Gasteiger partial charge in [-0.05, 0) is 13.2 Å². The molecule has 5 nitrogen and oxygen atoms in total. The summed E-state index contributed by atoms with van der Waals surface area (Å²) < 4.78 is 2.52. The van der Waals surface area contributed by atoms with Crippen molar-refractivity contribution in [3.05, 3.63) is 0 Å². The van der Waals surface area contributed by atoms with Gasteiger partial charge in [-0.3, -0.25) is 14.3 Å². The number of rotatable bonds is 6. The van der Waals surface area contributed by atoms with E-state index in [0.29, 0.717) is 5.75 Å². The number of carboxylic acid groups (broad SMARTS) is 1. The zero-order valence-corrected chi connectivity index (χ0v) is 9.69. The van der Waals surface area contributed by atoms with Crippen LogP contribution in [0.25, 0.3) is 0 Å². The second kappa shape index (κ2) is 6.97. The van der Waals surface area contributed by atoms with E-state index in [1.807, 2.05) is 6.26 Å². The normalized spacial score (nSPS) is 14.5. The van der Waals surface area contributed by atoms with Crippen LogP contribution in [0.1, 0.15) is 6.92 Å². The number of carbonyl (C=O) groups is 2. The van der Waals surface area contributed by atoms with E-state index in [1.54, 1.807) is 0 Å². The monoisotopic (exact) mass is 238 g/mol. The van der Waals surface area contributed by atoms with Gasteiger partial charge < -0.3 is 10.4 Å². The van der Waals surface area contributed by atoms with E-state index in [2.05, 4.69) is 22.9 Å². The summed E-state index contributed by atoms with van der Waals surface area (Å²) in [6.45, 7) is 1.41. The first-order chi connectivity index (χ1) is 6.52. The van der Waals surface area contributed by atoms with Crippen molar-refractivity contribution in [3.63, 3.8) is 0 Å². The molecule has 0 aliphatic heterocycles. The average Bonchev–Trinajstić information content (AvgIpc) is 2.13. The Hall–Kier alpha value is -0.400. The average molecular weight is 238 g/mol. The fourth-order valence-electron chi connectivity index (χ4n) is 0.714. The Kier molecular flexibility index (Phi) is 6.77. The molecule has 0 spiro atoms. The van der Waals surface area contributed by atoms with Gasteiger partial charge in [0.1, 0.15) is 12.1 Å². The van der Waals surface area contributed by atoms with Gasteiger partial charge in [0.05, 0.1) is 0 Å². The molecule has 0 radical (unpaired) electrons. The van der Waals surface area contributed by atoms with Crippen molar-refractivity contribution < 1.29 is 14.7 Å². The highest BCUT2D eigenvalue weighted by Crippen LogP contribution is 1.98. The van der Waals surface area contributed by atoms with Crippen LogP contribution in [0.15, 0.2) is 0 Å². The highest BCUT2D eigenvalue weighted by Gasteiger charge is 2.20. The molecule has 1 amide bonds. The highest BCUT2D eigenvalue weighted by atomic mass is 32.2. The van der Waals surface area contributed by atoms with E-state index in [-0.39, 0.29) is 5.91 Å². The van der Waals surface area contributed by atoms with Gasteiger partial charge in [-0.15, -0.1) is 0 Å². The summed E-state index contributed by atoms with van der Waals surface area (Å²) >= 11 is 5.27. The maximum absolute atomic E-state index is 11.4. The maximum atomic E-state index is 11.4. The molecule has 2 atom stereocenters. The zero-order valence-electron chi connectivity index (χ0n) is 7.98. The van der Waals surface area contributed by atoms with Gasteiger partial charge in [0.25, 0.3) is 0 Å². The van der Waals surface area contributed by atoms with E-state index in [9.17, 15) is 9.59 Å². The Morgan fingerprint density at radius 2 is 2.14 bits per heavy atom. The fraction of sp³-hybridized carbons (Fsp3) is 0.714. The molecule has 0 fully saturated rings. The van der Waals surface area contributed by atoms with Crippen molar-refractivity contribution in [3.8, 4) is 0 Å². The summed E-state index contributed by atoms with van der Waals surface area (Å²) in [5.74, 6) is -0.869. The zero-order chi connectivity index (χ0) is 11.1. The van der Waals surface area contributed by atoms with E-state index in [4.69, 9.17) is 5.11 Å². The summed E-state index contributed by atoms with van der Waals surface area (Å²) in [5.41, 5.74) is 0. The van der Waals surface area contributed by atoms with Crippen molar-refractivity contribution in [2.45, 2.75) is 19.0 Å². The molecule has 0 aromatic heterocycles. The third-order valence-electron chi connectivity index (χ3n) is 1.53. The van der Waals surface area contributed by atoms with Crippen LogP contribution < -0.4 is 10.0 Å². The Bertz CT molecular complexity index is 213. The summed E-state index contributed by atoms with van der Waals surface area (Å²) in [4.78, 5) is 21.8. The van der Waals surface area contributed by atoms with Gasteiger partial charge in [0, 0.05) is 5.75 Å². The van der Waals surface area contributed by atoms with Gasteiger partial charge in [0.2, 0.25) is 5.91 Å². The minimum atomic E-state index is -1.06. The van der Waals surface area contributed by atoms with Crippen molar-refractivity contribution in [1.29, 1.82) is 0 Å². The smallest absolute Gasteiger partial charge is 0.325 e. The van der Waals surface area contributed by atoms with Gasteiger partial charge in [-0.1, -0.05) is 12.8 Å². The Labute approximate surface area is 92.6 Å². The molecule has 82 valence electrons. The summed E-state index contributed by atoms with van der Waals surface area (Å²) in [6.07, 6.45) is 1.85. The second-order valence-electron chi connectivity index (χ2n) is 2.71. The second-order valence-corrected chi connectivity index (χ2v) is 3.87. The molecule has 0 rings (SSSR count). The SMILES string of the molecule is CSCC(NS)C(=O)NC(C)C(=O)O. The lowest BCUT2D eigenvalue weighted by molar-refractivity contribution is -0.141. The molecule has 0 bridgehead atoms. The molecular formula is C7H14N2O3S2. The number of aliphatic carboxylic acids is 1. The molecule has 0 aliphatic rings. The number of carboxylic acids is 1. The molecule has 0 saturated carbocycles. The van der Waals surface area contributed by atoms with E-state index < -0.39 is 18.1 Å². The minimum Gasteiger partial charge on any atom is -0.480 e. The first-order valence-electron chi connectivity index (χ1n) is 3.94. The fourth-order valence-corrected chi connectivity index (χ4v) is 1.61. The lowest BCUT2D eigenvalue weighted by atomic mass is 10.3. The van der Waals surface area contributed by atoms with E-state index in [0.717, 1.165) is 0 Å². The van der Waals surface area contributed by atoms with Crippen molar-refractivity contribution >= 4 is 36.5 Å². The number of thiol groups is 1. The molecule has 7 heteroatoms. The number of hydrogen-bond acceptors (Lipinski definition) is 5. The molecule has 0 heterocycles. The third-order valence-corrected chi connectivity index (χ3v) is 2.51. The number of hydrogen-bond donors (Lipinski definition) is 4. The molecule has 0 aromatic rings. The van der Waals surface area contributed by atoms with Gasteiger partial charge >= 0.3 is 5.97 Å². The standard InChI is InChI=1S/C7H14N2O3S2/c1-4(7(11)12)8-6(10)5(9-13)3-14-2/h4-5,9,13H,3H2,1-2H3,(H,8,10)(H,11,12). The quantitative estimate of drug-likeness (QED) is 0.480. The molecule has 2 unspecified atom stereocenters. The molecule has 0 aromatic carbocycles. The third kappa shape index (κ3) is 4.73. The van der Waals surface area contributed by atoms with Crippen LogP contribution >= 0.6 is 24.6 Å². The van der Waals surface area contributed by atoms with Crippen molar-refractivity contribution in [2.24, 2.45) is 0 Å². The van der Waals surface area contributed by atoms with Crippen LogP contribution in [0, 0.1) is 0 Å². The lowest BCUT2D eigenvalue weighted by Crippen LogP contribution is -2.48. The summed E-state index contributed by atoms with van der Waals surface area (Å²) in [5, 5.41) is 10.9. The van der Waals surface area contributed by atoms with Crippen molar-refractivity contribution in [1.82, 2.24) is 10.0 Å². The molecule has 0 saturated heterocycles. The number of thioether (sulfide) groups is 1. The van der Waals surface area contributed by atoms with Crippen molar-refractivity contribution in [2.75, 3.05) is 12.0 Å². The van der Waals surface area contributed by atoms with Crippen LogP contribution in [0.4, 0.5) is 0 Å². The van der Waals surface area contributed by atoms with Crippen LogP contribution in [0.3, 0.4) is 0 Å². The maximum Gasteiger partial charge on any atom is 0.325 e. The predicted octanol–water partition coefficient (Wildman–Crippen LogP) is -0.258. The lowest BCUT2D eigenvalue weighted by Gasteiger charge is -2.16. The first-order valence-corrected chi connectivity index (χ1v) is 5.78. The number of carbonyl (C=O) groups excluding carboxylic acids is 1. The predicted molar refractivity (Wildman–Crippen MR) is 59.5 cm³/mol. The van der Waals surface area contributed by atoms with Gasteiger partial charge in [-0.25, -0.2) is 0 Å². The Morgan fingerprint density at radius 3 is 2.50 bits per heavy atom. The van der Waals surface area contributed by atoms with E-state index >= 15 is 0 Å². The van der Waals surface area contributed by atoms with Gasteiger partial charge in [0.15, 0.2) is 0 Å². The number of nitrogens with one attached hydrogen (secondary N) is 2. The summed E-state index contributed by atoms with van der Waals surface area (Å²) in [6, 6.07) is -1.36. The largest absolute Gasteiger partial charge is 0.480 e. The van der Waals surface area contributed by atoms with E-state index in [1.165, 1.54) is 18.7 Å². The highest BCUT2D eigenvalue weighted by molar-refractivity contribution is 7.98. The van der Waals surface area contributed by atoms with Crippen LogP contribution in [-0.4, -0.2) is 41.1 Å². The molecule has 14 heavy (non-hydrogen) atoms. The summed E-state index contributed by atoms with van der Waals surface area (Å²) in [7, 11) is 0. The Morgan fingerprint density at radius 1 is 1.57 bits per heavy atom. The molecular weight excluding hydrogens is 224 g/mol. The first kappa shape index (κ1) is 13.6. The number of amides is 1. The minimum absolute atomic E-state index is 0.357.